The lowest BCUT2D eigenvalue weighted by atomic mass is 10.1. The predicted octanol–water partition coefficient (Wildman–Crippen LogP) is 4.81. The van der Waals surface area contributed by atoms with E-state index in [1.807, 2.05) is 41.9 Å². The summed E-state index contributed by atoms with van der Waals surface area (Å²) in [6, 6.07) is 15.7. The molecule has 0 aliphatic heterocycles. The topological polar surface area (TPSA) is 65.4 Å². The minimum absolute atomic E-state index is 0.0683. The van der Waals surface area contributed by atoms with E-state index in [0.29, 0.717) is 23.8 Å². The van der Waals surface area contributed by atoms with Crippen LogP contribution in [0.5, 0.6) is 11.5 Å². The van der Waals surface area contributed by atoms with Crippen molar-refractivity contribution in [3.8, 4) is 22.8 Å². The quantitative estimate of drug-likeness (QED) is 0.477. The Kier molecular flexibility index (Phi) is 5.48. The van der Waals surface area contributed by atoms with Gasteiger partial charge in [-0.2, -0.15) is 0 Å². The lowest BCUT2D eigenvalue weighted by molar-refractivity contribution is -0.116. The van der Waals surface area contributed by atoms with E-state index < -0.39 is 0 Å². The summed E-state index contributed by atoms with van der Waals surface area (Å²) in [5.41, 5.74) is 2.68. The number of thiazole rings is 1. The van der Waals surface area contributed by atoms with E-state index in [-0.39, 0.29) is 5.91 Å². The Morgan fingerprint density at radius 1 is 1.14 bits per heavy atom. The SMILES string of the molecule is COc1ccc(OC)c(-c2csc(NC(=O)CCn3ccc4ccccc43)n2)c1. The second kappa shape index (κ2) is 8.36. The number of rotatable bonds is 7. The summed E-state index contributed by atoms with van der Waals surface area (Å²) < 4.78 is 12.8. The molecule has 7 heteroatoms. The van der Waals surface area contributed by atoms with Gasteiger partial charge in [0.2, 0.25) is 5.91 Å². The van der Waals surface area contributed by atoms with Crippen LogP contribution in [-0.2, 0) is 11.3 Å². The van der Waals surface area contributed by atoms with Crippen molar-refractivity contribution in [3.05, 3.63) is 60.1 Å². The van der Waals surface area contributed by atoms with Crippen LogP contribution in [0, 0.1) is 0 Å². The normalized spacial score (nSPS) is 10.8. The molecule has 148 valence electrons. The molecule has 1 amide bonds. The third-order valence-electron chi connectivity index (χ3n) is 4.69. The van der Waals surface area contributed by atoms with Crippen LogP contribution in [0.1, 0.15) is 6.42 Å². The van der Waals surface area contributed by atoms with E-state index in [4.69, 9.17) is 9.47 Å². The number of fused-ring (bicyclic) bond motifs is 1. The number of carbonyl (C=O) groups is 1. The summed E-state index contributed by atoms with van der Waals surface area (Å²) in [6.07, 6.45) is 2.38. The van der Waals surface area contributed by atoms with Crippen LogP contribution in [-0.4, -0.2) is 29.7 Å². The molecule has 2 aromatic heterocycles. The van der Waals surface area contributed by atoms with Crippen LogP contribution in [0.4, 0.5) is 5.13 Å². The number of amides is 1. The molecular weight excluding hydrogens is 386 g/mol. The Balaban J connectivity index is 1.43. The summed E-state index contributed by atoms with van der Waals surface area (Å²) in [5, 5.41) is 6.52. The Bertz CT molecular complexity index is 1150. The highest BCUT2D eigenvalue weighted by molar-refractivity contribution is 7.14. The highest BCUT2D eigenvalue weighted by Crippen LogP contribution is 2.35. The van der Waals surface area contributed by atoms with Crippen LogP contribution in [0.3, 0.4) is 0 Å². The maximum atomic E-state index is 12.4. The van der Waals surface area contributed by atoms with Gasteiger partial charge in [0.05, 0.1) is 19.9 Å². The first-order valence-corrected chi connectivity index (χ1v) is 10.1. The van der Waals surface area contributed by atoms with Gasteiger partial charge in [0.25, 0.3) is 0 Å². The number of hydrogen-bond donors (Lipinski definition) is 1. The minimum Gasteiger partial charge on any atom is -0.497 e. The largest absolute Gasteiger partial charge is 0.497 e. The van der Waals surface area contributed by atoms with Gasteiger partial charge in [-0.05, 0) is 35.7 Å². The number of aryl methyl sites for hydroxylation is 1. The van der Waals surface area contributed by atoms with E-state index in [1.165, 1.54) is 16.7 Å². The highest BCUT2D eigenvalue weighted by atomic mass is 32.1. The molecule has 4 aromatic rings. The number of aromatic nitrogens is 2. The first-order chi connectivity index (χ1) is 14.2. The van der Waals surface area contributed by atoms with E-state index in [9.17, 15) is 4.79 Å². The number of anilines is 1. The smallest absolute Gasteiger partial charge is 0.227 e. The summed E-state index contributed by atoms with van der Waals surface area (Å²) in [7, 11) is 3.23. The molecule has 0 aliphatic carbocycles. The summed E-state index contributed by atoms with van der Waals surface area (Å²) in [6.45, 7) is 0.612. The van der Waals surface area contributed by atoms with Crippen LogP contribution in [0.15, 0.2) is 60.1 Å². The van der Waals surface area contributed by atoms with E-state index in [0.717, 1.165) is 22.5 Å². The van der Waals surface area contributed by atoms with E-state index >= 15 is 0 Å². The number of methoxy groups -OCH3 is 2. The fourth-order valence-corrected chi connectivity index (χ4v) is 3.94. The van der Waals surface area contributed by atoms with Gasteiger partial charge >= 0.3 is 0 Å². The van der Waals surface area contributed by atoms with Crippen molar-refractivity contribution >= 4 is 33.3 Å². The molecule has 29 heavy (non-hydrogen) atoms. The first-order valence-electron chi connectivity index (χ1n) is 9.19. The zero-order valence-corrected chi connectivity index (χ0v) is 17.0. The van der Waals surface area contributed by atoms with Gasteiger partial charge in [-0.15, -0.1) is 11.3 Å². The lowest BCUT2D eigenvalue weighted by Gasteiger charge is -2.08. The molecule has 2 heterocycles. The van der Waals surface area contributed by atoms with E-state index in [1.54, 1.807) is 14.2 Å². The van der Waals surface area contributed by atoms with Crippen molar-refractivity contribution in [2.45, 2.75) is 13.0 Å². The Labute approximate surface area is 172 Å². The number of nitrogens with one attached hydrogen (secondary N) is 1. The number of ether oxygens (including phenoxy) is 2. The molecule has 2 aromatic carbocycles. The molecule has 1 N–H and O–H groups in total. The fourth-order valence-electron chi connectivity index (χ4n) is 3.21. The molecule has 6 nitrogen and oxygen atoms in total. The molecule has 0 saturated carbocycles. The second-order valence-electron chi connectivity index (χ2n) is 6.47. The van der Waals surface area contributed by atoms with Crippen molar-refractivity contribution in [3.63, 3.8) is 0 Å². The monoisotopic (exact) mass is 407 g/mol. The maximum absolute atomic E-state index is 12.4. The van der Waals surface area contributed by atoms with Gasteiger partial charge in [-0.25, -0.2) is 4.98 Å². The molecule has 0 unspecified atom stereocenters. The van der Waals surface area contributed by atoms with Crippen molar-refractivity contribution in [1.82, 2.24) is 9.55 Å². The number of nitrogens with zero attached hydrogens (tertiary/aromatic N) is 2. The van der Waals surface area contributed by atoms with Gasteiger partial charge < -0.3 is 19.4 Å². The molecule has 0 aliphatic rings. The maximum Gasteiger partial charge on any atom is 0.227 e. The number of carbonyl (C=O) groups excluding carboxylic acids is 1. The molecule has 4 rings (SSSR count). The third kappa shape index (κ3) is 4.09. The average molecular weight is 407 g/mol. The summed E-state index contributed by atoms with van der Waals surface area (Å²) in [5.74, 6) is 1.35. The fraction of sp³-hybridized carbons (Fsp3) is 0.182. The first kappa shape index (κ1) is 19.0. The number of para-hydroxylation sites is 1. The molecule has 0 spiro atoms. The van der Waals surface area contributed by atoms with Crippen molar-refractivity contribution in [2.24, 2.45) is 0 Å². The second-order valence-corrected chi connectivity index (χ2v) is 7.33. The van der Waals surface area contributed by atoms with Crippen molar-refractivity contribution in [1.29, 1.82) is 0 Å². The molecule has 0 atom stereocenters. The van der Waals surface area contributed by atoms with Crippen LogP contribution >= 0.6 is 11.3 Å². The van der Waals surface area contributed by atoms with Crippen LogP contribution in [0.25, 0.3) is 22.2 Å². The summed E-state index contributed by atoms with van der Waals surface area (Å²) >= 11 is 1.39. The zero-order valence-electron chi connectivity index (χ0n) is 16.2. The zero-order chi connectivity index (χ0) is 20.2. The van der Waals surface area contributed by atoms with E-state index in [2.05, 4.69) is 33.1 Å². The third-order valence-corrected chi connectivity index (χ3v) is 5.45. The number of hydrogen-bond acceptors (Lipinski definition) is 5. The van der Waals surface area contributed by atoms with Crippen molar-refractivity contribution in [2.75, 3.05) is 19.5 Å². The summed E-state index contributed by atoms with van der Waals surface area (Å²) in [4.78, 5) is 17.0. The average Bonchev–Trinajstić information content (AvgIpc) is 3.38. The molecule has 0 fully saturated rings. The molecular formula is C22H21N3O3S. The Morgan fingerprint density at radius 3 is 2.83 bits per heavy atom. The number of benzene rings is 2. The van der Waals surface area contributed by atoms with Gasteiger partial charge in [-0.1, -0.05) is 18.2 Å². The highest BCUT2D eigenvalue weighted by Gasteiger charge is 2.13. The van der Waals surface area contributed by atoms with Gasteiger partial charge in [0.15, 0.2) is 5.13 Å². The Morgan fingerprint density at radius 2 is 2.00 bits per heavy atom. The molecule has 0 saturated heterocycles. The van der Waals surface area contributed by atoms with Gasteiger partial charge in [0, 0.05) is 35.6 Å². The molecule has 0 bridgehead atoms. The van der Waals surface area contributed by atoms with Gasteiger partial charge in [-0.3, -0.25) is 4.79 Å². The Hall–Kier alpha value is -3.32. The van der Waals surface area contributed by atoms with Crippen LogP contribution in [0.2, 0.25) is 0 Å². The van der Waals surface area contributed by atoms with Crippen molar-refractivity contribution < 1.29 is 14.3 Å². The van der Waals surface area contributed by atoms with Crippen LogP contribution < -0.4 is 14.8 Å². The standard InChI is InChI=1S/C22H21N3O3S/c1-27-16-7-8-20(28-2)17(13-16)18-14-29-22(23-18)24-21(26)10-12-25-11-9-15-5-3-4-6-19(15)25/h3-9,11,13-14H,10,12H2,1-2H3,(H,23,24,26). The lowest BCUT2D eigenvalue weighted by Crippen LogP contribution is -2.14. The molecule has 0 radical (unpaired) electrons. The van der Waals surface area contributed by atoms with Gasteiger partial charge in [0.1, 0.15) is 11.5 Å². The predicted molar refractivity (Wildman–Crippen MR) is 116 cm³/mol. The minimum atomic E-state index is -0.0683.